The molecule has 0 bridgehead atoms. The molecule has 0 spiro atoms. The molecule has 1 heterocycles. The number of hydrogen-bond acceptors (Lipinski definition) is 1. The zero-order valence-corrected chi connectivity index (χ0v) is 9.98. The van der Waals surface area contributed by atoms with Gasteiger partial charge in [-0.2, -0.15) is 13.2 Å². The van der Waals surface area contributed by atoms with Crippen LogP contribution in [0.2, 0.25) is 5.02 Å². The first-order chi connectivity index (χ1) is 7.97. The van der Waals surface area contributed by atoms with Gasteiger partial charge in [0.2, 0.25) is 0 Å². The average Bonchev–Trinajstić information content (AvgIpc) is 2.72. The summed E-state index contributed by atoms with van der Waals surface area (Å²) in [6.07, 6.45) is -2.09. The van der Waals surface area contributed by atoms with E-state index in [0.29, 0.717) is 17.1 Å². The van der Waals surface area contributed by atoms with Crippen LogP contribution in [0.25, 0.3) is 0 Å². The number of alkyl halides is 3. The SMILES string of the molecule is FC(F)(F)c1ccc(Cl)c(CN2CCCC2)c1. The Morgan fingerprint density at radius 2 is 1.82 bits per heavy atom. The molecule has 1 fully saturated rings. The molecule has 1 aliphatic heterocycles. The van der Waals surface area contributed by atoms with Crippen molar-refractivity contribution in [2.75, 3.05) is 13.1 Å². The second-order valence-corrected chi connectivity index (χ2v) is 4.69. The van der Waals surface area contributed by atoms with Gasteiger partial charge in [0.05, 0.1) is 5.56 Å². The highest BCUT2D eigenvalue weighted by atomic mass is 35.5. The summed E-state index contributed by atoms with van der Waals surface area (Å²) in [7, 11) is 0. The van der Waals surface area contributed by atoms with Crippen LogP contribution in [0.4, 0.5) is 13.2 Å². The molecule has 0 saturated carbocycles. The third kappa shape index (κ3) is 3.13. The Kier molecular flexibility index (Phi) is 3.64. The van der Waals surface area contributed by atoms with Crippen LogP contribution in [0.3, 0.4) is 0 Å². The van der Waals surface area contributed by atoms with Crippen LogP contribution in [0, 0.1) is 0 Å². The monoisotopic (exact) mass is 263 g/mol. The molecule has 0 aliphatic carbocycles. The number of nitrogens with zero attached hydrogens (tertiary/aromatic N) is 1. The fourth-order valence-electron chi connectivity index (χ4n) is 2.05. The summed E-state index contributed by atoms with van der Waals surface area (Å²) in [6, 6.07) is 3.51. The maximum absolute atomic E-state index is 12.6. The molecule has 0 atom stereocenters. The van der Waals surface area contributed by atoms with Crippen molar-refractivity contribution in [1.82, 2.24) is 4.90 Å². The fraction of sp³-hybridized carbons (Fsp3) is 0.500. The maximum Gasteiger partial charge on any atom is 0.416 e. The Morgan fingerprint density at radius 1 is 1.18 bits per heavy atom. The van der Waals surface area contributed by atoms with E-state index in [2.05, 4.69) is 4.90 Å². The lowest BCUT2D eigenvalue weighted by Gasteiger charge is -2.17. The number of halogens is 4. The van der Waals surface area contributed by atoms with Crippen molar-refractivity contribution in [3.05, 3.63) is 34.3 Å². The van der Waals surface area contributed by atoms with Gasteiger partial charge in [-0.05, 0) is 49.7 Å². The minimum Gasteiger partial charge on any atom is -0.299 e. The molecule has 1 aliphatic rings. The fourth-order valence-corrected chi connectivity index (χ4v) is 2.23. The molecule has 0 unspecified atom stereocenters. The number of rotatable bonds is 2. The number of hydrogen-bond donors (Lipinski definition) is 0. The van der Waals surface area contributed by atoms with Crippen LogP contribution < -0.4 is 0 Å². The second kappa shape index (κ2) is 4.86. The number of benzene rings is 1. The van der Waals surface area contributed by atoms with Gasteiger partial charge in [0.1, 0.15) is 0 Å². The van der Waals surface area contributed by atoms with Gasteiger partial charge in [-0.15, -0.1) is 0 Å². The smallest absolute Gasteiger partial charge is 0.299 e. The predicted octanol–water partition coefficient (Wildman–Crippen LogP) is 3.95. The van der Waals surface area contributed by atoms with E-state index in [-0.39, 0.29) is 0 Å². The quantitative estimate of drug-likeness (QED) is 0.781. The molecule has 0 aromatic heterocycles. The van der Waals surface area contributed by atoms with Gasteiger partial charge in [0.25, 0.3) is 0 Å². The molecule has 0 radical (unpaired) electrons. The predicted molar refractivity (Wildman–Crippen MR) is 61.0 cm³/mol. The van der Waals surface area contributed by atoms with Gasteiger partial charge >= 0.3 is 6.18 Å². The molecular formula is C12H13ClF3N. The Balaban J connectivity index is 2.20. The first kappa shape index (κ1) is 12.7. The lowest BCUT2D eigenvalue weighted by molar-refractivity contribution is -0.137. The van der Waals surface area contributed by atoms with Crippen LogP contribution in [0.5, 0.6) is 0 Å². The largest absolute Gasteiger partial charge is 0.416 e. The molecule has 17 heavy (non-hydrogen) atoms. The standard InChI is InChI=1S/C12H13ClF3N/c13-11-4-3-10(12(14,15)16)7-9(11)8-17-5-1-2-6-17/h3-4,7H,1-2,5-6,8H2. The Bertz CT molecular complexity index is 397. The van der Waals surface area contributed by atoms with Crippen molar-refractivity contribution in [3.8, 4) is 0 Å². The second-order valence-electron chi connectivity index (χ2n) is 4.29. The minimum atomic E-state index is -4.30. The summed E-state index contributed by atoms with van der Waals surface area (Å²) in [4.78, 5) is 2.13. The Labute approximate surface area is 103 Å². The third-order valence-corrected chi connectivity index (χ3v) is 3.33. The van der Waals surface area contributed by atoms with Crippen LogP contribution in [-0.4, -0.2) is 18.0 Å². The summed E-state index contributed by atoms with van der Waals surface area (Å²) in [6.45, 7) is 2.38. The summed E-state index contributed by atoms with van der Waals surface area (Å²) in [5.74, 6) is 0. The highest BCUT2D eigenvalue weighted by Crippen LogP contribution is 2.32. The summed E-state index contributed by atoms with van der Waals surface area (Å²) in [5, 5.41) is 0.407. The minimum absolute atomic E-state index is 0.407. The molecule has 5 heteroatoms. The third-order valence-electron chi connectivity index (χ3n) is 2.97. The van der Waals surface area contributed by atoms with E-state index in [1.807, 2.05) is 0 Å². The molecule has 1 nitrogen and oxygen atoms in total. The van der Waals surface area contributed by atoms with E-state index in [4.69, 9.17) is 11.6 Å². The topological polar surface area (TPSA) is 3.24 Å². The zero-order valence-electron chi connectivity index (χ0n) is 9.23. The van der Waals surface area contributed by atoms with E-state index < -0.39 is 11.7 Å². The van der Waals surface area contributed by atoms with Gasteiger partial charge in [-0.25, -0.2) is 0 Å². The highest BCUT2D eigenvalue weighted by Gasteiger charge is 2.31. The van der Waals surface area contributed by atoms with Crippen molar-refractivity contribution in [2.45, 2.75) is 25.6 Å². The van der Waals surface area contributed by atoms with E-state index in [9.17, 15) is 13.2 Å². The van der Waals surface area contributed by atoms with Gasteiger partial charge < -0.3 is 0 Å². The molecular weight excluding hydrogens is 251 g/mol. The highest BCUT2D eigenvalue weighted by molar-refractivity contribution is 6.31. The number of likely N-dealkylation sites (tertiary alicyclic amines) is 1. The van der Waals surface area contributed by atoms with Gasteiger partial charge in [0, 0.05) is 11.6 Å². The van der Waals surface area contributed by atoms with E-state index >= 15 is 0 Å². The van der Waals surface area contributed by atoms with Crippen molar-refractivity contribution in [3.63, 3.8) is 0 Å². The molecule has 1 saturated heterocycles. The van der Waals surface area contributed by atoms with E-state index in [1.54, 1.807) is 0 Å². The van der Waals surface area contributed by atoms with Gasteiger partial charge in [-0.3, -0.25) is 4.90 Å². The maximum atomic E-state index is 12.6. The van der Waals surface area contributed by atoms with Crippen LogP contribution in [0.1, 0.15) is 24.0 Å². The van der Waals surface area contributed by atoms with Crippen molar-refractivity contribution < 1.29 is 13.2 Å². The first-order valence-electron chi connectivity index (χ1n) is 5.55. The molecule has 1 aromatic carbocycles. The Morgan fingerprint density at radius 3 is 2.41 bits per heavy atom. The lowest BCUT2D eigenvalue weighted by Crippen LogP contribution is -2.19. The normalized spacial score (nSPS) is 17.6. The summed E-state index contributed by atoms with van der Waals surface area (Å²) >= 11 is 5.93. The molecule has 2 rings (SSSR count). The molecule has 1 aromatic rings. The van der Waals surface area contributed by atoms with Crippen LogP contribution in [-0.2, 0) is 12.7 Å². The summed E-state index contributed by atoms with van der Waals surface area (Å²) in [5.41, 5.74) is -0.0699. The Hall–Kier alpha value is -0.740. The van der Waals surface area contributed by atoms with Crippen molar-refractivity contribution in [2.24, 2.45) is 0 Å². The zero-order chi connectivity index (χ0) is 12.5. The molecule has 94 valence electrons. The van der Waals surface area contributed by atoms with Gasteiger partial charge in [-0.1, -0.05) is 11.6 Å². The van der Waals surface area contributed by atoms with E-state index in [0.717, 1.165) is 38.1 Å². The van der Waals surface area contributed by atoms with Gasteiger partial charge in [0.15, 0.2) is 0 Å². The molecule has 0 amide bonds. The van der Waals surface area contributed by atoms with Crippen LogP contribution >= 0.6 is 11.6 Å². The molecule has 0 N–H and O–H groups in total. The average molecular weight is 264 g/mol. The van der Waals surface area contributed by atoms with Crippen LogP contribution in [0.15, 0.2) is 18.2 Å². The van der Waals surface area contributed by atoms with Crippen molar-refractivity contribution in [1.29, 1.82) is 0 Å². The van der Waals surface area contributed by atoms with Crippen molar-refractivity contribution >= 4 is 11.6 Å². The van der Waals surface area contributed by atoms with E-state index in [1.165, 1.54) is 6.07 Å². The lowest BCUT2D eigenvalue weighted by atomic mass is 10.1. The first-order valence-corrected chi connectivity index (χ1v) is 5.92. The summed E-state index contributed by atoms with van der Waals surface area (Å²) < 4.78 is 37.7.